The van der Waals surface area contributed by atoms with Crippen LogP contribution in [0, 0.1) is 6.92 Å². The van der Waals surface area contributed by atoms with E-state index in [9.17, 15) is 9.90 Å². The lowest BCUT2D eigenvalue weighted by Crippen LogP contribution is -2.22. The number of nitrogens with zero attached hydrogens (tertiary/aromatic N) is 3. The molecule has 1 N–H and O–H groups in total. The topological polar surface area (TPSA) is 86.6 Å². The summed E-state index contributed by atoms with van der Waals surface area (Å²) in [4.78, 5) is 10.5. The molecule has 15 heavy (non-hydrogen) atoms. The summed E-state index contributed by atoms with van der Waals surface area (Å²) < 4.78 is 1.70. The number of rotatable bonds is 2. The summed E-state index contributed by atoms with van der Waals surface area (Å²) in [6.45, 7) is 1.88. The standard InChI is InChI=1S/C9H10N4O2/c1-5-6(4-10-13(5)2)7-3-8(9(14)15)12-11-7/h3-4H,1-2H3,(H,11,12)(H,14,15)/p-1. The second kappa shape index (κ2) is 3.23. The van der Waals surface area contributed by atoms with Crippen molar-refractivity contribution in [2.45, 2.75) is 6.92 Å². The van der Waals surface area contributed by atoms with Crippen LogP contribution in [0.1, 0.15) is 16.2 Å². The van der Waals surface area contributed by atoms with Gasteiger partial charge in [0, 0.05) is 18.3 Å². The van der Waals surface area contributed by atoms with E-state index in [0.29, 0.717) is 5.69 Å². The van der Waals surface area contributed by atoms with E-state index in [1.54, 1.807) is 10.9 Å². The molecular weight excluding hydrogens is 196 g/mol. The van der Waals surface area contributed by atoms with Crippen LogP contribution < -0.4 is 5.11 Å². The highest BCUT2D eigenvalue weighted by atomic mass is 16.4. The van der Waals surface area contributed by atoms with Crippen LogP contribution in [0.4, 0.5) is 0 Å². The van der Waals surface area contributed by atoms with Crippen molar-refractivity contribution in [3.63, 3.8) is 0 Å². The van der Waals surface area contributed by atoms with Gasteiger partial charge in [-0.05, 0) is 13.0 Å². The number of aromatic nitrogens is 4. The van der Waals surface area contributed by atoms with E-state index in [2.05, 4.69) is 15.3 Å². The molecule has 6 heteroatoms. The molecule has 0 aliphatic rings. The Hall–Kier alpha value is -2.11. The highest BCUT2D eigenvalue weighted by Gasteiger charge is 2.10. The first kappa shape index (κ1) is 9.45. The van der Waals surface area contributed by atoms with Gasteiger partial charge in [-0.25, -0.2) is 0 Å². The maximum absolute atomic E-state index is 10.5. The SMILES string of the molecule is Cc1c(-c2cc(C(=O)[O-])[nH]n2)cnn1C. The first-order chi connectivity index (χ1) is 7.09. The number of nitrogens with one attached hydrogen (secondary N) is 1. The number of carbonyl (C=O) groups excluding carboxylic acids is 1. The predicted octanol–water partition coefficient (Wildman–Crippen LogP) is -0.518. The molecule has 0 saturated heterocycles. The monoisotopic (exact) mass is 205 g/mol. The number of carboxylic acids is 1. The molecule has 0 bridgehead atoms. The molecule has 0 amide bonds. The molecule has 2 aromatic heterocycles. The van der Waals surface area contributed by atoms with E-state index >= 15 is 0 Å². The number of hydrogen-bond acceptors (Lipinski definition) is 4. The summed E-state index contributed by atoms with van der Waals surface area (Å²) in [5.41, 5.74) is 2.25. The van der Waals surface area contributed by atoms with Crippen molar-refractivity contribution in [3.8, 4) is 11.3 Å². The van der Waals surface area contributed by atoms with E-state index in [-0.39, 0.29) is 5.69 Å². The summed E-state index contributed by atoms with van der Waals surface area (Å²) in [6.07, 6.45) is 1.64. The molecular formula is C9H9N4O2-. The fraction of sp³-hybridized carbons (Fsp3) is 0.222. The Balaban J connectivity index is 2.46. The first-order valence-electron chi connectivity index (χ1n) is 4.35. The third-order valence-corrected chi connectivity index (χ3v) is 2.31. The minimum absolute atomic E-state index is 0.0340. The van der Waals surface area contributed by atoms with Crippen LogP contribution in [0.15, 0.2) is 12.3 Å². The lowest BCUT2D eigenvalue weighted by molar-refractivity contribution is -0.255. The quantitative estimate of drug-likeness (QED) is 0.714. The molecule has 0 aliphatic carbocycles. The maximum Gasteiger partial charge on any atom is 0.0961 e. The van der Waals surface area contributed by atoms with E-state index in [4.69, 9.17) is 0 Å². The molecule has 0 fully saturated rings. The van der Waals surface area contributed by atoms with E-state index in [1.807, 2.05) is 14.0 Å². The average molecular weight is 205 g/mol. The predicted molar refractivity (Wildman–Crippen MR) is 49.9 cm³/mol. The smallest absolute Gasteiger partial charge is 0.0961 e. The fourth-order valence-electron chi connectivity index (χ4n) is 1.31. The van der Waals surface area contributed by atoms with Gasteiger partial charge in [-0.15, -0.1) is 0 Å². The van der Waals surface area contributed by atoms with Crippen molar-refractivity contribution < 1.29 is 9.90 Å². The number of carbonyl (C=O) groups is 1. The molecule has 2 heterocycles. The third kappa shape index (κ3) is 1.50. The van der Waals surface area contributed by atoms with Crippen molar-refractivity contribution in [2.24, 2.45) is 7.05 Å². The number of aromatic carboxylic acids is 1. The Morgan fingerprint density at radius 1 is 1.60 bits per heavy atom. The Kier molecular flexibility index (Phi) is 2.03. The van der Waals surface area contributed by atoms with Gasteiger partial charge >= 0.3 is 0 Å². The van der Waals surface area contributed by atoms with Crippen LogP contribution in [0.3, 0.4) is 0 Å². The molecule has 78 valence electrons. The van der Waals surface area contributed by atoms with Crippen molar-refractivity contribution >= 4 is 5.97 Å². The molecule has 0 aliphatic heterocycles. The number of aryl methyl sites for hydroxylation is 1. The molecule has 0 aromatic carbocycles. The van der Waals surface area contributed by atoms with Gasteiger partial charge in [0.2, 0.25) is 0 Å². The van der Waals surface area contributed by atoms with Crippen LogP contribution in [-0.4, -0.2) is 25.9 Å². The van der Waals surface area contributed by atoms with Crippen molar-refractivity contribution in [1.29, 1.82) is 0 Å². The summed E-state index contributed by atoms with van der Waals surface area (Å²) in [6, 6.07) is 1.43. The lowest BCUT2D eigenvalue weighted by atomic mass is 10.2. The maximum atomic E-state index is 10.5. The summed E-state index contributed by atoms with van der Waals surface area (Å²) in [5.74, 6) is -1.27. The zero-order chi connectivity index (χ0) is 11.0. The normalized spacial score (nSPS) is 10.5. The van der Waals surface area contributed by atoms with Crippen LogP contribution >= 0.6 is 0 Å². The molecule has 2 aromatic rings. The number of H-pyrrole nitrogens is 1. The number of aromatic amines is 1. The Bertz CT molecular complexity index is 512. The van der Waals surface area contributed by atoms with Crippen molar-refractivity contribution in [3.05, 3.63) is 23.7 Å². The van der Waals surface area contributed by atoms with Gasteiger partial charge in [-0.2, -0.15) is 10.2 Å². The molecule has 6 nitrogen and oxygen atoms in total. The van der Waals surface area contributed by atoms with Crippen molar-refractivity contribution in [2.75, 3.05) is 0 Å². The van der Waals surface area contributed by atoms with E-state index in [0.717, 1.165) is 11.3 Å². The third-order valence-electron chi connectivity index (χ3n) is 2.31. The second-order valence-electron chi connectivity index (χ2n) is 3.22. The number of carboxylic acid groups (broad SMARTS) is 1. The lowest BCUT2D eigenvalue weighted by Gasteiger charge is -1.95. The fourth-order valence-corrected chi connectivity index (χ4v) is 1.31. The molecule has 2 rings (SSSR count). The largest absolute Gasteiger partial charge is 0.543 e. The second-order valence-corrected chi connectivity index (χ2v) is 3.22. The summed E-state index contributed by atoms with van der Waals surface area (Å²) >= 11 is 0. The zero-order valence-electron chi connectivity index (χ0n) is 8.31. The number of hydrogen-bond donors (Lipinski definition) is 1. The highest BCUT2D eigenvalue weighted by molar-refractivity contribution is 5.85. The Labute approximate surface area is 85.5 Å². The molecule has 0 spiro atoms. The summed E-state index contributed by atoms with van der Waals surface area (Å²) in [7, 11) is 1.81. The zero-order valence-corrected chi connectivity index (χ0v) is 8.31. The van der Waals surface area contributed by atoms with Crippen LogP contribution in [-0.2, 0) is 7.05 Å². The molecule has 0 atom stereocenters. The van der Waals surface area contributed by atoms with Gasteiger partial charge < -0.3 is 9.90 Å². The van der Waals surface area contributed by atoms with Gasteiger partial charge in [-0.3, -0.25) is 9.78 Å². The molecule has 0 unspecified atom stereocenters. The summed E-state index contributed by atoms with van der Waals surface area (Å²) in [5, 5.41) is 20.9. The van der Waals surface area contributed by atoms with Gasteiger partial charge in [0.25, 0.3) is 0 Å². The minimum Gasteiger partial charge on any atom is -0.543 e. The van der Waals surface area contributed by atoms with Gasteiger partial charge in [0.1, 0.15) is 0 Å². The molecule has 0 radical (unpaired) electrons. The van der Waals surface area contributed by atoms with Crippen molar-refractivity contribution in [1.82, 2.24) is 20.0 Å². The Morgan fingerprint density at radius 2 is 2.33 bits per heavy atom. The van der Waals surface area contributed by atoms with Crippen LogP contribution in [0.2, 0.25) is 0 Å². The first-order valence-corrected chi connectivity index (χ1v) is 4.35. The Morgan fingerprint density at radius 3 is 2.80 bits per heavy atom. The van der Waals surface area contributed by atoms with Crippen LogP contribution in [0.5, 0.6) is 0 Å². The van der Waals surface area contributed by atoms with E-state index in [1.165, 1.54) is 6.07 Å². The van der Waals surface area contributed by atoms with Crippen LogP contribution in [0.25, 0.3) is 11.3 Å². The highest BCUT2D eigenvalue weighted by Crippen LogP contribution is 2.20. The van der Waals surface area contributed by atoms with Gasteiger partial charge in [0.05, 0.1) is 23.6 Å². The van der Waals surface area contributed by atoms with E-state index < -0.39 is 5.97 Å². The molecule has 0 saturated carbocycles. The van der Waals surface area contributed by atoms with Gasteiger partial charge in [-0.1, -0.05) is 0 Å². The van der Waals surface area contributed by atoms with Gasteiger partial charge in [0.15, 0.2) is 0 Å². The average Bonchev–Trinajstić information content (AvgIpc) is 2.76. The minimum atomic E-state index is -1.27.